The number of ether oxygens (including phenoxy) is 1. The third-order valence-corrected chi connectivity index (χ3v) is 14.7. The first-order valence-corrected chi connectivity index (χ1v) is 16.6. The molecule has 0 aliphatic rings. The van der Waals surface area contributed by atoms with E-state index in [0.29, 0.717) is 12.8 Å². The van der Waals surface area contributed by atoms with Crippen molar-refractivity contribution < 1.29 is 4.74 Å². The normalized spacial score (nSPS) is 12.5. The van der Waals surface area contributed by atoms with E-state index < -0.39 is 5.96 Å². The van der Waals surface area contributed by atoms with Crippen LogP contribution in [-0.2, 0) is 12.8 Å². The molecule has 0 aliphatic carbocycles. The first kappa shape index (κ1) is 25.4. The molecule has 0 saturated heterocycles. The zero-order chi connectivity index (χ0) is 26.6. The zero-order valence-electron chi connectivity index (χ0n) is 21.7. The van der Waals surface area contributed by atoms with Crippen LogP contribution in [0.15, 0.2) is 158 Å². The number of benzene rings is 6. The van der Waals surface area contributed by atoms with E-state index in [-0.39, 0.29) is 0 Å². The predicted octanol–water partition coefficient (Wildman–Crippen LogP) is 8.60. The summed E-state index contributed by atoms with van der Waals surface area (Å²) >= 11 is 8.42. The van der Waals surface area contributed by atoms with E-state index in [4.69, 9.17) is 16.0 Å². The molecule has 6 rings (SSSR count). The van der Waals surface area contributed by atoms with E-state index in [1.54, 1.807) is 0 Å². The summed E-state index contributed by atoms with van der Waals surface area (Å²) in [5.41, 5.74) is 2.24. The zero-order valence-corrected chi connectivity index (χ0v) is 23.3. The van der Waals surface area contributed by atoms with Crippen LogP contribution in [0.5, 0.6) is 5.75 Å². The van der Waals surface area contributed by atoms with Gasteiger partial charge in [-0.2, -0.15) is 0 Å². The van der Waals surface area contributed by atoms with Crippen LogP contribution in [0.25, 0.3) is 10.8 Å². The molecule has 0 aliphatic heterocycles. The molecular formula is C36H30ClOP. The van der Waals surface area contributed by atoms with Crippen molar-refractivity contribution in [3.8, 4) is 5.75 Å². The van der Waals surface area contributed by atoms with Crippen LogP contribution in [0, 0.1) is 0 Å². The molecule has 0 heterocycles. The predicted molar refractivity (Wildman–Crippen MR) is 169 cm³/mol. The van der Waals surface area contributed by atoms with Crippen molar-refractivity contribution >= 4 is 43.9 Å². The Balaban J connectivity index is 1.60. The second-order valence-electron chi connectivity index (χ2n) is 9.93. The SMILES string of the molecule is ClP(Cc1cc2ccccc2cc1OCc1ccccc1)(c1ccccc1)(c1ccccc1)c1ccccc1. The molecule has 0 bridgehead atoms. The van der Waals surface area contributed by atoms with E-state index in [0.717, 1.165) is 38.2 Å². The Morgan fingerprint density at radius 1 is 0.487 bits per heavy atom. The molecule has 0 radical (unpaired) electrons. The van der Waals surface area contributed by atoms with Crippen molar-refractivity contribution in [3.05, 3.63) is 169 Å². The number of halogens is 1. The van der Waals surface area contributed by atoms with E-state index in [1.165, 1.54) is 5.39 Å². The molecule has 0 saturated carbocycles. The second-order valence-corrected chi connectivity index (χ2v) is 16.4. The number of rotatable bonds is 8. The Labute approximate surface area is 235 Å². The van der Waals surface area contributed by atoms with Gasteiger partial charge in [-0.3, -0.25) is 0 Å². The Kier molecular flexibility index (Phi) is 6.96. The van der Waals surface area contributed by atoms with Crippen LogP contribution in [0.4, 0.5) is 0 Å². The van der Waals surface area contributed by atoms with Gasteiger partial charge in [-0.1, -0.05) is 0 Å². The van der Waals surface area contributed by atoms with Gasteiger partial charge in [0.05, 0.1) is 0 Å². The van der Waals surface area contributed by atoms with Gasteiger partial charge in [-0.15, -0.1) is 0 Å². The van der Waals surface area contributed by atoms with Crippen molar-refractivity contribution in [3.63, 3.8) is 0 Å². The van der Waals surface area contributed by atoms with Crippen LogP contribution in [-0.4, -0.2) is 0 Å². The summed E-state index contributed by atoms with van der Waals surface area (Å²) in [6.45, 7) is 0.492. The van der Waals surface area contributed by atoms with E-state index >= 15 is 0 Å². The molecule has 0 amide bonds. The van der Waals surface area contributed by atoms with Gasteiger partial charge in [0.1, 0.15) is 0 Å². The average molecular weight is 545 g/mol. The third-order valence-electron chi connectivity index (χ3n) is 7.52. The fourth-order valence-corrected chi connectivity index (χ4v) is 11.6. The van der Waals surface area contributed by atoms with E-state index in [1.807, 2.05) is 18.2 Å². The first-order valence-electron chi connectivity index (χ1n) is 13.2. The molecule has 6 aromatic rings. The van der Waals surface area contributed by atoms with Crippen LogP contribution < -0.4 is 20.7 Å². The van der Waals surface area contributed by atoms with Gasteiger partial charge >= 0.3 is 236 Å². The third kappa shape index (κ3) is 4.74. The Hall–Kier alpha value is -3.90. The summed E-state index contributed by atoms with van der Waals surface area (Å²) in [5, 5.41) is 5.76. The average Bonchev–Trinajstić information content (AvgIpc) is 3.02. The maximum atomic E-state index is 8.42. The van der Waals surface area contributed by atoms with Gasteiger partial charge in [0.2, 0.25) is 0 Å². The van der Waals surface area contributed by atoms with Crippen LogP contribution >= 0.6 is 17.2 Å². The fourth-order valence-electron chi connectivity index (χ4n) is 5.52. The quantitative estimate of drug-likeness (QED) is 0.174. The van der Waals surface area contributed by atoms with Crippen LogP contribution in [0.1, 0.15) is 11.1 Å². The first-order chi connectivity index (χ1) is 19.1. The molecule has 0 unspecified atom stereocenters. The molecule has 1 nitrogen and oxygen atoms in total. The summed E-state index contributed by atoms with van der Waals surface area (Å²) in [5.74, 6) is -2.66. The number of fused-ring (bicyclic) bond motifs is 1. The molecular weight excluding hydrogens is 515 g/mol. The van der Waals surface area contributed by atoms with Gasteiger partial charge in [0.25, 0.3) is 0 Å². The van der Waals surface area contributed by atoms with Crippen molar-refractivity contribution in [2.75, 3.05) is 0 Å². The summed E-state index contributed by atoms with van der Waals surface area (Å²) < 4.78 is 6.59. The molecule has 0 atom stereocenters. The topological polar surface area (TPSA) is 9.23 Å². The standard InChI is InChI=1S/C36H30ClOP/c37-39(33-19-7-2-8-20-33,34-21-9-3-10-22-34,35-23-11-4-12-24-35)28-32-25-30-17-13-14-18-31(30)26-36(32)38-27-29-15-5-1-6-16-29/h1-26H,27-28H2. The Morgan fingerprint density at radius 2 is 0.897 bits per heavy atom. The minimum atomic E-state index is -3.53. The summed E-state index contributed by atoms with van der Waals surface area (Å²) in [6, 6.07) is 55.1. The van der Waals surface area contributed by atoms with Gasteiger partial charge in [0, 0.05) is 0 Å². The molecule has 0 spiro atoms. The monoisotopic (exact) mass is 544 g/mol. The van der Waals surface area contributed by atoms with Gasteiger partial charge < -0.3 is 0 Å². The minimum absolute atomic E-state index is 0.492. The number of hydrogen-bond acceptors (Lipinski definition) is 1. The van der Waals surface area contributed by atoms with Crippen LogP contribution in [0.2, 0.25) is 0 Å². The van der Waals surface area contributed by atoms with Crippen molar-refractivity contribution in [2.45, 2.75) is 12.8 Å². The molecule has 0 N–H and O–H groups in total. The molecule has 6 aromatic carbocycles. The van der Waals surface area contributed by atoms with Crippen molar-refractivity contribution in [1.82, 2.24) is 0 Å². The molecule has 0 fully saturated rings. The molecule has 0 aromatic heterocycles. The number of hydrogen-bond donors (Lipinski definition) is 0. The molecule has 39 heavy (non-hydrogen) atoms. The van der Waals surface area contributed by atoms with E-state index in [9.17, 15) is 0 Å². The fraction of sp³-hybridized carbons (Fsp3) is 0.0556. The van der Waals surface area contributed by atoms with Crippen molar-refractivity contribution in [2.24, 2.45) is 0 Å². The summed E-state index contributed by atoms with van der Waals surface area (Å²) in [4.78, 5) is 0. The second kappa shape index (κ2) is 10.7. The van der Waals surface area contributed by atoms with Crippen LogP contribution in [0.3, 0.4) is 0 Å². The van der Waals surface area contributed by atoms with Gasteiger partial charge in [-0.05, 0) is 0 Å². The Bertz CT molecular complexity index is 1590. The summed E-state index contributed by atoms with van der Waals surface area (Å²) in [6.07, 6.45) is 0.625. The van der Waals surface area contributed by atoms with E-state index in [2.05, 4.69) is 140 Å². The van der Waals surface area contributed by atoms with Crippen molar-refractivity contribution in [1.29, 1.82) is 0 Å². The molecule has 3 heteroatoms. The summed E-state index contributed by atoms with van der Waals surface area (Å²) in [7, 11) is 0. The maximum absolute atomic E-state index is 8.42. The van der Waals surface area contributed by atoms with Gasteiger partial charge in [-0.25, -0.2) is 0 Å². The molecule has 192 valence electrons. The van der Waals surface area contributed by atoms with Gasteiger partial charge in [0.15, 0.2) is 0 Å². The Morgan fingerprint density at radius 3 is 1.38 bits per heavy atom.